The third-order valence-electron chi connectivity index (χ3n) is 4.19. The fraction of sp³-hybridized carbons (Fsp3) is 0.136. The molecule has 0 heterocycles. The van der Waals surface area contributed by atoms with Gasteiger partial charge in [0.15, 0.2) is 5.96 Å². The van der Waals surface area contributed by atoms with E-state index in [1.54, 1.807) is 7.11 Å². The first kappa shape index (κ1) is 17.5. The molecule has 0 atom stereocenters. The lowest BCUT2D eigenvalue weighted by molar-refractivity contribution is 0.415. The molecule has 26 heavy (non-hydrogen) atoms. The van der Waals surface area contributed by atoms with Gasteiger partial charge in [0, 0.05) is 17.7 Å². The third kappa shape index (κ3) is 4.63. The van der Waals surface area contributed by atoms with Crippen molar-refractivity contribution in [1.82, 2.24) is 0 Å². The molecule has 0 amide bonds. The molecule has 0 aliphatic carbocycles. The van der Waals surface area contributed by atoms with E-state index in [4.69, 9.17) is 10.5 Å². The summed E-state index contributed by atoms with van der Waals surface area (Å²) < 4.78 is 5.23. The molecule has 4 heteroatoms. The van der Waals surface area contributed by atoms with Crippen LogP contribution in [0.3, 0.4) is 0 Å². The Morgan fingerprint density at radius 2 is 1.54 bits per heavy atom. The lowest BCUT2D eigenvalue weighted by atomic mass is 9.91. The van der Waals surface area contributed by atoms with Crippen LogP contribution in [0.1, 0.15) is 17.0 Å². The second-order valence-electron chi connectivity index (χ2n) is 5.96. The molecule has 3 aromatic rings. The zero-order valence-corrected chi connectivity index (χ0v) is 14.8. The van der Waals surface area contributed by atoms with Crippen molar-refractivity contribution >= 4 is 11.6 Å². The van der Waals surface area contributed by atoms with Crippen LogP contribution < -0.4 is 15.8 Å². The second-order valence-corrected chi connectivity index (χ2v) is 5.96. The zero-order chi connectivity index (χ0) is 18.2. The predicted molar refractivity (Wildman–Crippen MR) is 108 cm³/mol. The van der Waals surface area contributed by atoms with Gasteiger partial charge in [0.1, 0.15) is 5.75 Å². The van der Waals surface area contributed by atoms with Gasteiger partial charge in [0.05, 0.1) is 13.7 Å². The van der Waals surface area contributed by atoms with Crippen LogP contribution in [0.25, 0.3) is 0 Å². The van der Waals surface area contributed by atoms with Crippen LogP contribution in [0.4, 0.5) is 5.69 Å². The Bertz CT molecular complexity index is 808. The Labute approximate surface area is 154 Å². The number of rotatable bonds is 6. The molecule has 0 saturated carbocycles. The first-order valence-electron chi connectivity index (χ1n) is 8.57. The summed E-state index contributed by atoms with van der Waals surface area (Å²) in [5.41, 5.74) is 9.39. The predicted octanol–water partition coefficient (Wildman–Crippen LogP) is 4.25. The van der Waals surface area contributed by atoms with Gasteiger partial charge in [-0.3, -0.25) is 4.99 Å². The highest BCUT2D eigenvalue weighted by molar-refractivity contribution is 5.92. The minimum absolute atomic E-state index is 0.156. The van der Waals surface area contributed by atoms with Crippen LogP contribution in [-0.2, 0) is 0 Å². The fourth-order valence-electron chi connectivity index (χ4n) is 2.85. The zero-order valence-electron chi connectivity index (χ0n) is 14.8. The lowest BCUT2D eigenvalue weighted by Gasteiger charge is -2.16. The van der Waals surface area contributed by atoms with Crippen LogP contribution in [0.15, 0.2) is 89.9 Å². The Kier molecular flexibility index (Phi) is 5.88. The standard InChI is InChI=1S/C22H23N3O/c1-26-20-14-8-13-19(15-20)25-22(23)24-16-21(17-9-4-2-5-10-17)18-11-6-3-7-12-18/h2-15,21H,16H2,1H3,(H3,23,24,25). The Hall–Kier alpha value is -3.27. The summed E-state index contributed by atoms with van der Waals surface area (Å²) in [6.45, 7) is 0.566. The van der Waals surface area contributed by atoms with Crippen molar-refractivity contribution in [3.05, 3.63) is 96.1 Å². The van der Waals surface area contributed by atoms with Gasteiger partial charge in [0.25, 0.3) is 0 Å². The number of nitrogens with one attached hydrogen (secondary N) is 1. The molecule has 4 nitrogen and oxygen atoms in total. The summed E-state index contributed by atoms with van der Waals surface area (Å²) in [7, 11) is 1.64. The summed E-state index contributed by atoms with van der Waals surface area (Å²) in [5, 5.41) is 3.12. The minimum Gasteiger partial charge on any atom is -0.497 e. The van der Waals surface area contributed by atoms with Crippen molar-refractivity contribution in [2.45, 2.75) is 5.92 Å². The first-order chi connectivity index (χ1) is 12.8. The largest absolute Gasteiger partial charge is 0.497 e. The summed E-state index contributed by atoms with van der Waals surface area (Å²) in [6, 6.07) is 28.3. The molecular weight excluding hydrogens is 322 g/mol. The topological polar surface area (TPSA) is 59.6 Å². The van der Waals surface area contributed by atoms with Crippen LogP contribution in [0, 0.1) is 0 Å². The first-order valence-corrected chi connectivity index (χ1v) is 8.57. The highest BCUT2D eigenvalue weighted by atomic mass is 16.5. The van der Waals surface area contributed by atoms with E-state index in [1.165, 1.54) is 11.1 Å². The summed E-state index contributed by atoms with van der Waals surface area (Å²) in [4.78, 5) is 4.57. The lowest BCUT2D eigenvalue weighted by Crippen LogP contribution is -2.23. The molecule has 0 aliphatic rings. The number of hydrogen-bond donors (Lipinski definition) is 2. The van der Waals surface area contributed by atoms with Gasteiger partial charge in [-0.1, -0.05) is 66.7 Å². The Balaban J connectivity index is 1.77. The Morgan fingerprint density at radius 3 is 2.12 bits per heavy atom. The number of aliphatic imine (C=N–C) groups is 1. The van der Waals surface area contributed by atoms with Crippen molar-refractivity contribution in [3.8, 4) is 5.75 Å². The molecule has 0 bridgehead atoms. The van der Waals surface area contributed by atoms with E-state index >= 15 is 0 Å². The van der Waals surface area contributed by atoms with E-state index in [2.05, 4.69) is 34.6 Å². The SMILES string of the molecule is COc1cccc(NC(N)=NCC(c2ccccc2)c2ccccc2)c1. The molecule has 0 spiro atoms. The normalized spacial score (nSPS) is 11.4. The van der Waals surface area contributed by atoms with Crippen molar-refractivity contribution in [3.63, 3.8) is 0 Å². The molecule has 3 rings (SSSR count). The Morgan fingerprint density at radius 1 is 0.923 bits per heavy atom. The molecule has 0 aromatic heterocycles. The average molecular weight is 345 g/mol. The number of anilines is 1. The van der Waals surface area contributed by atoms with Crippen LogP contribution >= 0.6 is 0 Å². The van der Waals surface area contributed by atoms with E-state index < -0.39 is 0 Å². The molecule has 3 aromatic carbocycles. The summed E-state index contributed by atoms with van der Waals surface area (Å²) in [6.07, 6.45) is 0. The maximum Gasteiger partial charge on any atom is 0.193 e. The van der Waals surface area contributed by atoms with Gasteiger partial charge >= 0.3 is 0 Å². The van der Waals surface area contributed by atoms with Gasteiger partial charge in [-0.05, 0) is 23.3 Å². The molecular formula is C22H23N3O. The fourth-order valence-corrected chi connectivity index (χ4v) is 2.85. The van der Waals surface area contributed by atoms with Crippen LogP contribution in [0.2, 0.25) is 0 Å². The van der Waals surface area contributed by atoms with Gasteiger partial charge in [-0.25, -0.2) is 0 Å². The number of methoxy groups -OCH3 is 1. The maximum atomic E-state index is 6.10. The van der Waals surface area contributed by atoms with E-state index in [-0.39, 0.29) is 5.92 Å². The van der Waals surface area contributed by atoms with E-state index in [0.717, 1.165) is 11.4 Å². The molecule has 0 saturated heterocycles. The van der Waals surface area contributed by atoms with Crippen molar-refractivity contribution < 1.29 is 4.74 Å². The van der Waals surface area contributed by atoms with Gasteiger partial charge in [0.2, 0.25) is 0 Å². The second kappa shape index (κ2) is 8.72. The monoisotopic (exact) mass is 345 g/mol. The quantitative estimate of drug-likeness (QED) is 0.518. The van der Waals surface area contributed by atoms with Crippen LogP contribution in [-0.4, -0.2) is 19.6 Å². The van der Waals surface area contributed by atoms with Crippen molar-refractivity contribution in [2.24, 2.45) is 10.7 Å². The molecule has 0 aliphatic heterocycles. The molecule has 0 unspecified atom stereocenters. The van der Waals surface area contributed by atoms with E-state index in [9.17, 15) is 0 Å². The molecule has 3 N–H and O–H groups in total. The van der Waals surface area contributed by atoms with Crippen LogP contribution in [0.5, 0.6) is 5.75 Å². The summed E-state index contributed by atoms with van der Waals surface area (Å²) in [5.74, 6) is 1.31. The number of ether oxygens (including phenoxy) is 1. The van der Waals surface area contributed by atoms with Crippen molar-refractivity contribution in [2.75, 3.05) is 19.0 Å². The number of guanidine groups is 1. The minimum atomic E-state index is 0.156. The molecule has 0 fully saturated rings. The van der Waals surface area contributed by atoms with Gasteiger partial charge < -0.3 is 15.8 Å². The highest BCUT2D eigenvalue weighted by Gasteiger charge is 2.13. The van der Waals surface area contributed by atoms with E-state index in [0.29, 0.717) is 12.5 Å². The third-order valence-corrected chi connectivity index (χ3v) is 4.19. The number of benzene rings is 3. The highest BCUT2D eigenvalue weighted by Crippen LogP contribution is 2.25. The maximum absolute atomic E-state index is 6.10. The molecule has 0 radical (unpaired) electrons. The smallest absolute Gasteiger partial charge is 0.193 e. The van der Waals surface area contributed by atoms with E-state index in [1.807, 2.05) is 60.7 Å². The van der Waals surface area contributed by atoms with Gasteiger partial charge in [-0.2, -0.15) is 0 Å². The average Bonchev–Trinajstić information content (AvgIpc) is 2.70. The van der Waals surface area contributed by atoms with Gasteiger partial charge in [-0.15, -0.1) is 0 Å². The number of hydrogen-bond acceptors (Lipinski definition) is 2. The summed E-state index contributed by atoms with van der Waals surface area (Å²) >= 11 is 0. The molecule has 132 valence electrons. The number of nitrogens with two attached hydrogens (primary N) is 1. The van der Waals surface area contributed by atoms with Crippen molar-refractivity contribution in [1.29, 1.82) is 0 Å². The number of nitrogens with zero attached hydrogens (tertiary/aromatic N) is 1.